The molecular weight excluding hydrogens is 364 g/mol. The number of carbonyl (C=O) groups excluding carboxylic acids is 2. The molecule has 2 heterocycles. The summed E-state index contributed by atoms with van der Waals surface area (Å²) in [4.78, 5) is 32.2. The molecule has 134 valence electrons. The Morgan fingerprint density at radius 1 is 1.22 bits per heavy atom. The van der Waals surface area contributed by atoms with E-state index >= 15 is 0 Å². The van der Waals surface area contributed by atoms with Gasteiger partial charge < -0.3 is 10.1 Å². The highest BCUT2D eigenvalue weighted by Crippen LogP contribution is 2.22. The first kappa shape index (κ1) is 18.2. The van der Waals surface area contributed by atoms with Crippen molar-refractivity contribution >= 4 is 28.9 Å². The van der Waals surface area contributed by atoms with Gasteiger partial charge in [-0.05, 0) is 36.4 Å². The molecule has 0 saturated carbocycles. The number of anilines is 1. The Morgan fingerprint density at radius 2 is 2.04 bits per heavy atom. The number of thiazole rings is 1. The number of benzene rings is 1. The maximum Gasteiger partial charge on any atom is 0.312 e. The fourth-order valence-electron chi connectivity index (χ4n) is 2.18. The van der Waals surface area contributed by atoms with Crippen LogP contribution in [0.1, 0.15) is 11.3 Å². The van der Waals surface area contributed by atoms with E-state index in [0.29, 0.717) is 16.9 Å². The quantitative estimate of drug-likeness (QED) is 0.661. The molecule has 2 aromatic heterocycles. The Bertz CT molecular complexity index is 978. The minimum absolute atomic E-state index is 0.0130. The van der Waals surface area contributed by atoms with Gasteiger partial charge in [0.15, 0.2) is 6.61 Å². The zero-order valence-corrected chi connectivity index (χ0v) is 14.9. The molecule has 0 unspecified atom stereocenters. The summed E-state index contributed by atoms with van der Waals surface area (Å²) in [5, 5.41) is 13.9. The summed E-state index contributed by atoms with van der Waals surface area (Å²) in [7, 11) is 0. The lowest BCUT2D eigenvalue weighted by Crippen LogP contribution is -2.21. The van der Waals surface area contributed by atoms with Crippen LogP contribution in [0.15, 0.2) is 54.2 Å². The summed E-state index contributed by atoms with van der Waals surface area (Å²) in [5.74, 6) is -0.990. The molecule has 3 aromatic rings. The van der Waals surface area contributed by atoms with Crippen LogP contribution in [-0.4, -0.2) is 28.5 Å². The van der Waals surface area contributed by atoms with E-state index in [9.17, 15) is 9.59 Å². The lowest BCUT2D eigenvalue weighted by molar-refractivity contribution is -0.146. The van der Waals surface area contributed by atoms with Gasteiger partial charge in [-0.1, -0.05) is 0 Å². The van der Waals surface area contributed by atoms with Gasteiger partial charge in [0.2, 0.25) is 0 Å². The van der Waals surface area contributed by atoms with Gasteiger partial charge in [-0.25, -0.2) is 4.98 Å². The lowest BCUT2D eigenvalue weighted by atomic mass is 10.2. The Hall–Kier alpha value is -3.57. The number of nitrogens with zero attached hydrogens (tertiary/aromatic N) is 3. The third kappa shape index (κ3) is 5.20. The zero-order chi connectivity index (χ0) is 19.1. The van der Waals surface area contributed by atoms with Crippen molar-refractivity contribution in [2.45, 2.75) is 6.42 Å². The first-order valence-corrected chi connectivity index (χ1v) is 8.82. The summed E-state index contributed by atoms with van der Waals surface area (Å²) in [5.41, 5.74) is 2.48. The largest absolute Gasteiger partial charge is 0.455 e. The number of nitrogens with one attached hydrogen (secondary N) is 1. The zero-order valence-electron chi connectivity index (χ0n) is 14.1. The van der Waals surface area contributed by atoms with E-state index in [1.54, 1.807) is 42.0 Å². The molecule has 0 saturated heterocycles. The predicted octanol–water partition coefficient (Wildman–Crippen LogP) is 2.80. The van der Waals surface area contributed by atoms with E-state index < -0.39 is 18.5 Å². The van der Waals surface area contributed by atoms with Crippen LogP contribution in [0, 0.1) is 11.3 Å². The van der Waals surface area contributed by atoms with Crippen molar-refractivity contribution in [3.63, 3.8) is 0 Å². The minimum Gasteiger partial charge on any atom is -0.455 e. The van der Waals surface area contributed by atoms with E-state index in [1.807, 2.05) is 18.2 Å². The molecule has 0 aliphatic carbocycles. The molecule has 1 amide bonds. The van der Waals surface area contributed by atoms with Crippen LogP contribution in [0.25, 0.3) is 10.6 Å². The van der Waals surface area contributed by atoms with Gasteiger partial charge in [-0.2, -0.15) is 5.26 Å². The van der Waals surface area contributed by atoms with Crippen LogP contribution < -0.4 is 5.32 Å². The number of hydrogen-bond donors (Lipinski definition) is 1. The third-order valence-corrected chi connectivity index (χ3v) is 4.39. The number of pyridine rings is 1. The molecule has 27 heavy (non-hydrogen) atoms. The molecule has 0 bridgehead atoms. The molecule has 0 aliphatic rings. The van der Waals surface area contributed by atoms with Crippen molar-refractivity contribution < 1.29 is 14.3 Å². The van der Waals surface area contributed by atoms with Crippen LogP contribution >= 0.6 is 11.3 Å². The molecule has 0 atom stereocenters. The van der Waals surface area contributed by atoms with Gasteiger partial charge in [-0.3, -0.25) is 14.6 Å². The highest BCUT2D eigenvalue weighted by atomic mass is 32.1. The first-order valence-electron chi connectivity index (χ1n) is 7.94. The highest BCUT2D eigenvalue weighted by Gasteiger charge is 2.12. The average molecular weight is 378 g/mol. The number of rotatable bonds is 6. The van der Waals surface area contributed by atoms with Gasteiger partial charge in [0.25, 0.3) is 5.91 Å². The second-order valence-corrected chi connectivity index (χ2v) is 6.32. The van der Waals surface area contributed by atoms with Crippen molar-refractivity contribution in [2.75, 3.05) is 11.9 Å². The maximum atomic E-state index is 11.9. The average Bonchev–Trinajstić information content (AvgIpc) is 3.16. The Morgan fingerprint density at radius 3 is 2.74 bits per heavy atom. The van der Waals surface area contributed by atoms with Gasteiger partial charge in [0.05, 0.1) is 23.7 Å². The minimum atomic E-state index is -0.534. The highest BCUT2D eigenvalue weighted by molar-refractivity contribution is 7.13. The Balaban J connectivity index is 1.47. The standard InChI is InChI=1S/C19H14N4O3S/c20-9-13-3-5-15(6-4-13)22-17(24)11-26-18(25)8-16-12-27-19(23-16)14-2-1-7-21-10-14/h1-7,10,12H,8,11H2,(H,22,24). The second-order valence-electron chi connectivity index (χ2n) is 5.46. The molecule has 0 spiro atoms. The maximum absolute atomic E-state index is 11.9. The molecule has 0 radical (unpaired) electrons. The van der Waals surface area contributed by atoms with Gasteiger partial charge in [-0.15, -0.1) is 11.3 Å². The fraction of sp³-hybridized carbons (Fsp3) is 0.105. The Labute approximate surface area is 159 Å². The molecule has 7 nitrogen and oxygen atoms in total. The van der Waals surface area contributed by atoms with Crippen LogP contribution in [0.4, 0.5) is 5.69 Å². The van der Waals surface area contributed by atoms with Gasteiger partial charge in [0.1, 0.15) is 5.01 Å². The number of carbonyl (C=O) groups is 2. The van der Waals surface area contributed by atoms with E-state index in [0.717, 1.165) is 10.6 Å². The number of hydrogen-bond acceptors (Lipinski definition) is 7. The SMILES string of the molecule is N#Cc1ccc(NC(=O)COC(=O)Cc2csc(-c3cccnc3)n2)cc1. The first-order chi connectivity index (χ1) is 13.1. The Kier molecular flexibility index (Phi) is 5.87. The molecule has 0 aliphatic heterocycles. The number of amides is 1. The molecule has 1 N–H and O–H groups in total. The van der Waals surface area contributed by atoms with Crippen LogP contribution in [0.2, 0.25) is 0 Å². The molecule has 8 heteroatoms. The number of esters is 1. The van der Waals surface area contributed by atoms with Gasteiger partial charge in [0, 0.05) is 29.0 Å². The smallest absolute Gasteiger partial charge is 0.312 e. The lowest BCUT2D eigenvalue weighted by Gasteiger charge is -2.06. The van der Waals surface area contributed by atoms with Gasteiger partial charge >= 0.3 is 5.97 Å². The summed E-state index contributed by atoms with van der Waals surface area (Å²) in [6.45, 7) is -0.390. The number of aromatic nitrogens is 2. The molecule has 0 fully saturated rings. The van der Waals surface area contributed by atoms with Crippen molar-refractivity contribution in [1.29, 1.82) is 5.26 Å². The predicted molar refractivity (Wildman–Crippen MR) is 99.8 cm³/mol. The monoisotopic (exact) mass is 378 g/mol. The van der Waals surface area contributed by atoms with E-state index in [4.69, 9.17) is 10.00 Å². The van der Waals surface area contributed by atoms with Crippen LogP contribution in [0.3, 0.4) is 0 Å². The van der Waals surface area contributed by atoms with Crippen molar-refractivity contribution in [3.8, 4) is 16.6 Å². The summed E-state index contributed by atoms with van der Waals surface area (Å²) in [6, 6.07) is 12.1. The van der Waals surface area contributed by atoms with Crippen molar-refractivity contribution in [2.24, 2.45) is 0 Å². The van der Waals surface area contributed by atoms with E-state index in [1.165, 1.54) is 11.3 Å². The summed E-state index contributed by atoms with van der Waals surface area (Å²) >= 11 is 1.41. The number of nitriles is 1. The molecule has 3 rings (SSSR count). The third-order valence-electron chi connectivity index (χ3n) is 3.45. The normalized spacial score (nSPS) is 10.0. The van der Waals surface area contributed by atoms with Crippen molar-refractivity contribution in [3.05, 3.63) is 65.4 Å². The van der Waals surface area contributed by atoms with Crippen molar-refractivity contribution in [1.82, 2.24) is 9.97 Å². The second kappa shape index (κ2) is 8.69. The van der Waals surface area contributed by atoms with E-state index in [-0.39, 0.29) is 6.42 Å². The summed E-state index contributed by atoms with van der Waals surface area (Å²) < 4.78 is 4.99. The molecule has 1 aromatic carbocycles. The summed E-state index contributed by atoms with van der Waals surface area (Å²) in [6.07, 6.45) is 3.37. The topological polar surface area (TPSA) is 105 Å². The fourth-order valence-corrected chi connectivity index (χ4v) is 2.99. The van der Waals surface area contributed by atoms with Crippen LogP contribution in [0.5, 0.6) is 0 Å². The number of ether oxygens (including phenoxy) is 1. The van der Waals surface area contributed by atoms with E-state index in [2.05, 4.69) is 15.3 Å². The van der Waals surface area contributed by atoms with Crippen LogP contribution in [-0.2, 0) is 20.7 Å². The molecular formula is C19H14N4O3S.